The summed E-state index contributed by atoms with van der Waals surface area (Å²) >= 11 is 0. The number of ether oxygens (including phenoxy) is 1. The van der Waals surface area contributed by atoms with E-state index in [1.165, 1.54) is 0 Å². The van der Waals surface area contributed by atoms with E-state index in [1.54, 1.807) is 51.4 Å². The van der Waals surface area contributed by atoms with Gasteiger partial charge in [0.2, 0.25) is 11.8 Å². The normalized spacial score (nSPS) is 11.0. The third kappa shape index (κ3) is 5.06. The molecular weight excluding hydrogens is 342 g/mol. The van der Waals surface area contributed by atoms with Crippen molar-refractivity contribution in [1.82, 2.24) is 9.88 Å². The van der Waals surface area contributed by atoms with Gasteiger partial charge in [0.25, 0.3) is 0 Å². The zero-order chi connectivity index (χ0) is 20.0. The van der Waals surface area contributed by atoms with Crippen molar-refractivity contribution in [2.45, 2.75) is 27.2 Å². The zero-order valence-corrected chi connectivity index (χ0v) is 16.6. The molecule has 0 atom stereocenters. The highest BCUT2D eigenvalue weighted by molar-refractivity contribution is 6.10. The van der Waals surface area contributed by atoms with Crippen LogP contribution in [0.4, 0.5) is 5.69 Å². The Morgan fingerprint density at radius 1 is 1.19 bits per heavy atom. The summed E-state index contributed by atoms with van der Waals surface area (Å²) in [6.07, 6.45) is 4.15. The molecule has 27 heavy (non-hydrogen) atoms. The van der Waals surface area contributed by atoms with E-state index in [9.17, 15) is 9.59 Å². The number of aromatic nitrogens is 1. The van der Waals surface area contributed by atoms with E-state index in [0.717, 1.165) is 11.1 Å². The quantitative estimate of drug-likeness (QED) is 0.762. The topological polar surface area (TPSA) is 71.5 Å². The lowest BCUT2D eigenvalue weighted by molar-refractivity contribution is -0.145. The molecule has 2 rings (SSSR count). The van der Waals surface area contributed by atoms with Crippen LogP contribution < -0.4 is 10.1 Å². The average Bonchev–Trinajstić information content (AvgIpc) is 2.66. The summed E-state index contributed by atoms with van der Waals surface area (Å²) in [5, 5.41) is 2.83. The molecule has 0 bridgehead atoms. The number of nitrogens with one attached hydrogen (secondary N) is 1. The van der Waals surface area contributed by atoms with Crippen LogP contribution in [0.15, 0.2) is 42.7 Å². The van der Waals surface area contributed by atoms with Gasteiger partial charge in [0.1, 0.15) is 11.2 Å². The van der Waals surface area contributed by atoms with E-state index >= 15 is 0 Å². The fourth-order valence-corrected chi connectivity index (χ4v) is 2.72. The van der Waals surface area contributed by atoms with Gasteiger partial charge in [-0.15, -0.1) is 0 Å². The molecule has 1 aromatic heterocycles. The second-order valence-electron chi connectivity index (χ2n) is 7.12. The highest BCUT2D eigenvalue weighted by Crippen LogP contribution is 2.28. The minimum atomic E-state index is -1.21. The molecule has 0 saturated heterocycles. The van der Waals surface area contributed by atoms with Crippen molar-refractivity contribution in [2.75, 3.05) is 26.0 Å². The second-order valence-corrected chi connectivity index (χ2v) is 7.12. The van der Waals surface area contributed by atoms with Crippen LogP contribution in [-0.4, -0.2) is 42.4 Å². The summed E-state index contributed by atoms with van der Waals surface area (Å²) in [6.45, 7) is 5.72. The number of likely N-dealkylation sites (N-methyl/N-ethyl adjacent to an activating group) is 1. The summed E-state index contributed by atoms with van der Waals surface area (Å²) in [7, 11) is 3.26. The van der Waals surface area contributed by atoms with Crippen LogP contribution in [0.1, 0.15) is 25.0 Å². The number of aryl methyl sites for hydroxylation is 1. The number of anilines is 1. The number of pyridine rings is 1. The van der Waals surface area contributed by atoms with Gasteiger partial charge >= 0.3 is 0 Å². The third-order valence-corrected chi connectivity index (χ3v) is 4.54. The van der Waals surface area contributed by atoms with Crippen LogP contribution in [0.2, 0.25) is 0 Å². The van der Waals surface area contributed by atoms with Crippen molar-refractivity contribution < 1.29 is 14.3 Å². The van der Waals surface area contributed by atoms with E-state index in [2.05, 4.69) is 10.3 Å². The number of methoxy groups -OCH3 is 1. The van der Waals surface area contributed by atoms with Crippen LogP contribution in [0, 0.1) is 12.3 Å². The van der Waals surface area contributed by atoms with Gasteiger partial charge in [-0.25, -0.2) is 0 Å². The summed E-state index contributed by atoms with van der Waals surface area (Å²) in [5.41, 5.74) is 1.44. The Balaban J connectivity index is 2.05. The minimum Gasteiger partial charge on any atom is -0.495 e. The van der Waals surface area contributed by atoms with Gasteiger partial charge < -0.3 is 15.0 Å². The van der Waals surface area contributed by atoms with E-state index in [4.69, 9.17) is 4.74 Å². The van der Waals surface area contributed by atoms with Crippen molar-refractivity contribution >= 4 is 17.5 Å². The Labute approximate surface area is 160 Å². The number of carbonyl (C=O) groups excluding carboxylic acids is 2. The predicted octanol–water partition coefficient (Wildman–Crippen LogP) is 3.06. The lowest BCUT2D eigenvalue weighted by atomic mass is 9.90. The van der Waals surface area contributed by atoms with Gasteiger partial charge in [0.05, 0.1) is 12.8 Å². The Morgan fingerprint density at radius 2 is 1.85 bits per heavy atom. The SMILES string of the molecule is COc1ccc(C)cc1NC(=O)C(C)(C)C(=O)N(C)CCc1ccncc1. The number of carbonyl (C=O) groups is 2. The largest absolute Gasteiger partial charge is 0.495 e. The van der Waals surface area contributed by atoms with E-state index in [1.807, 2.05) is 31.2 Å². The predicted molar refractivity (Wildman–Crippen MR) is 106 cm³/mol. The molecule has 0 aliphatic rings. The molecule has 0 spiro atoms. The molecule has 0 saturated carbocycles. The van der Waals surface area contributed by atoms with Crippen LogP contribution in [0.25, 0.3) is 0 Å². The molecule has 6 heteroatoms. The number of hydrogen-bond donors (Lipinski definition) is 1. The second kappa shape index (κ2) is 8.66. The lowest BCUT2D eigenvalue weighted by Crippen LogP contribution is -2.46. The maximum atomic E-state index is 12.9. The fourth-order valence-electron chi connectivity index (χ4n) is 2.72. The highest BCUT2D eigenvalue weighted by atomic mass is 16.5. The molecule has 1 aromatic carbocycles. The van der Waals surface area contributed by atoms with Gasteiger partial charge in [-0.05, 0) is 62.6 Å². The zero-order valence-electron chi connectivity index (χ0n) is 16.6. The molecule has 2 amide bonds. The first-order valence-corrected chi connectivity index (χ1v) is 8.86. The molecule has 2 aromatic rings. The summed E-state index contributed by atoms with van der Waals surface area (Å²) in [4.78, 5) is 31.2. The first-order chi connectivity index (χ1) is 12.8. The van der Waals surface area contributed by atoms with Gasteiger partial charge in [-0.1, -0.05) is 6.07 Å². The van der Waals surface area contributed by atoms with E-state index in [-0.39, 0.29) is 11.8 Å². The number of benzene rings is 1. The Kier molecular flexibility index (Phi) is 6.55. The van der Waals surface area contributed by atoms with Crippen LogP contribution in [0.5, 0.6) is 5.75 Å². The van der Waals surface area contributed by atoms with Gasteiger partial charge in [-0.2, -0.15) is 0 Å². The summed E-state index contributed by atoms with van der Waals surface area (Å²) in [6, 6.07) is 9.35. The summed E-state index contributed by atoms with van der Waals surface area (Å²) < 4.78 is 5.29. The van der Waals surface area contributed by atoms with Gasteiger partial charge in [0, 0.05) is 26.0 Å². The molecule has 0 unspecified atom stereocenters. The van der Waals surface area contributed by atoms with Gasteiger partial charge in [0.15, 0.2) is 0 Å². The first kappa shape index (κ1) is 20.4. The average molecular weight is 369 g/mol. The van der Waals surface area contributed by atoms with Crippen molar-refractivity contribution in [3.05, 3.63) is 53.9 Å². The molecule has 1 heterocycles. The molecule has 144 valence electrons. The van der Waals surface area contributed by atoms with Crippen molar-refractivity contribution in [3.8, 4) is 5.75 Å². The van der Waals surface area contributed by atoms with Crippen molar-refractivity contribution in [1.29, 1.82) is 0 Å². The Hall–Kier alpha value is -2.89. The first-order valence-electron chi connectivity index (χ1n) is 8.86. The number of rotatable bonds is 7. The molecule has 0 fully saturated rings. The molecule has 0 aliphatic heterocycles. The van der Waals surface area contributed by atoms with Crippen LogP contribution in [-0.2, 0) is 16.0 Å². The van der Waals surface area contributed by atoms with Crippen LogP contribution >= 0.6 is 0 Å². The maximum Gasteiger partial charge on any atom is 0.239 e. The molecule has 6 nitrogen and oxygen atoms in total. The van der Waals surface area contributed by atoms with Crippen molar-refractivity contribution in [2.24, 2.45) is 5.41 Å². The number of amides is 2. The molecule has 0 radical (unpaired) electrons. The minimum absolute atomic E-state index is 0.235. The van der Waals surface area contributed by atoms with E-state index in [0.29, 0.717) is 24.4 Å². The fraction of sp³-hybridized carbons (Fsp3) is 0.381. The number of nitrogens with zero attached hydrogens (tertiary/aromatic N) is 2. The Morgan fingerprint density at radius 3 is 2.48 bits per heavy atom. The van der Waals surface area contributed by atoms with Gasteiger partial charge in [-0.3, -0.25) is 14.6 Å². The molecule has 0 aliphatic carbocycles. The van der Waals surface area contributed by atoms with Crippen LogP contribution in [0.3, 0.4) is 0 Å². The lowest BCUT2D eigenvalue weighted by Gasteiger charge is -2.28. The highest BCUT2D eigenvalue weighted by Gasteiger charge is 2.38. The van der Waals surface area contributed by atoms with Crippen molar-refractivity contribution in [3.63, 3.8) is 0 Å². The third-order valence-electron chi connectivity index (χ3n) is 4.54. The number of hydrogen-bond acceptors (Lipinski definition) is 4. The summed E-state index contributed by atoms with van der Waals surface area (Å²) in [5.74, 6) is -0.0453. The Bertz CT molecular complexity index is 804. The smallest absolute Gasteiger partial charge is 0.239 e. The molecule has 1 N–H and O–H groups in total. The van der Waals surface area contributed by atoms with E-state index < -0.39 is 5.41 Å². The standard InChI is InChI=1S/C21H27N3O3/c1-15-6-7-18(27-5)17(14-15)23-19(25)21(2,3)20(26)24(4)13-10-16-8-11-22-12-9-16/h6-9,11-12,14H,10,13H2,1-5H3,(H,23,25). The molecular formula is C21H27N3O3. The monoisotopic (exact) mass is 369 g/mol. The maximum absolute atomic E-state index is 12.9.